The van der Waals surface area contributed by atoms with Crippen LogP contribution in [0.5, 0.6) is 0 Å². The third kappa shape index (κ3) is 3.95. The van der Waals surface area contributed by atoms with E-state index in [1.54, 1.807) is 37.4 Å². The van der Waals surface area contributed by atoms with Gasteiger partial charge in [-0.1, -0.05) is 36.8 Å². The highest BCUT2D eigenvalue weighted by Crippen LogP contribution is 2.61. The van der Waals surface area contributed by atoms with Gasteiger partial charge in [-0.05, 0) is 56.2 Å². The molecule has 0 atom stereocenters. The maximum atomic E-state index is 14.7. The van der Waals surface area contributed by atoms with E-state index in [2.05, 4.69) is 0 Å². The molecule has 9 heteroatoms. The van der Waals surface area contributed by atoms with Crippen molar-refractivity contribution in [3.8, 4) is 11.1 Å². The van der Waals surface area contributed by atoms with Gasteiger partial charge in [0.2, 0.25) is 21.9 Å². The number of alkyl halides is 2. The molecule has 0 N–H and O–H groups in total. The lowest BCUT2D eigenvalue weighted by Gasteiger charge is -2.48. The Kier molecular flexibility index (Phi) is 5.83. The molecule has 2 saturated heterocycles. The molecule has 2 aromatic carbocycles. The summed E-state index contributed by atoms with van der Waals surface area (Å²) in [5.74, 6) is -3.59. The number of hydrogen-bond donors (Lipinski definition) is 0. The van der Waals surface area contributed by atoms with Crippen LogP contribution in [0.2, 0.25) is 0 Å². The summed E-state index contributed by atoms with van der Waals surface area (Å²) in [4.78, 5) is 15.3. The van der Waals surface area contributed by atoms with Crippen LogP contribution in [0.4, 0.5) is 13.2 Å². The van der Waals surface area contributed by atoms with Crippen LogP contribution in [0, 0.1) is 18.2 Å². The molecule has 2 aliphatic heterocycles. The van der Waals surface area contributed by atoms with Gasteiger partial charge in [0.1, 0.15) is 11.4 Å². The number of amides is 1. The molecule has 194 valence electrons. The topological polar surface area (TPSA) is 57.7 Å². The fraction of sp³-hybridized carbons (Fsp3) is 0.519. The summed E-state index contributed by atoms with van der Waals surface area (Å²) in [7, 11) is -2.59. The van der Waals surface area contributed by atoms with E-state index in [0.717, 1.165) is 5.56 Å². The molecule has 2 heterocycles. The van der Waals surface area contributed by atoms with Crippen molar-refractivity contribution in [2.75, 3.05) is 13.6 Å². The molecular formula is C27H31F3N2O3S. The minimum atomic E-state index is -4.18. The second-order valence-corrected chi connectivity index (χ2v) is 13.0. The average Bonchev–Trinajstić information content (AvgIpc) is 3.28. The Labute approximate surface area is 210 Å². The first-order valence-electron chi connectivity index (χ1n) is 12.3. The minimum Gasteiger partial charge on any atom is -0.341 e. The predicted molar refractivity (Wildman–Crippen MR) is 131 cm³/mol. The molecule has 2 bridgehead atoms. The lowest BCUT2D eigenvalue weighted by molar-refractivity contribution is -0.148. The Balaban J connectivity index is 1.52. The number of benzene rings is 2. The van der Waals surface area contributed by atoms with Crippen LogP contribution >= 0.6 is 0 Å². The van der Waals surface area contributed by atoms with Crippen LogP contribution in [0.15, 0.2) is 47.4 Å². The lowest BCUT2D eigenvalue weighted by atomic mass is 9.62. The van der Waals surface area contributed by atoms with Gasteiger partial charge in [0.25, 0.3) is 0 Å². The van der Waals surface area contributed by atoms with Gasteiger partial charge in [-0.25, -0.2) is 21.6 Å². The Morgan fingerprint density at radius 2 is 1.69 bits per heavy atom. The highest BCUT2D eigenvalue weighted by atomic mass is 32.2. The average molecular weight is 521 g/mol. The zero-order valence-corrected chi connectivity index (χ0v) is 21.5. The molecule has 1 amide bonds. The summed E-state index contributed by atoms with van der Waals surface area (Å²) in [5.41, 5.74) is -0.374. The fourth-order valence-corrected chi connectivity index (χ4v) is 8.58. The van der Waals surface area contributed by atoms with Gasteiger partial charge in [0, 0.05) is 43.6 Å². The summed E-state index contributed by atoms with van der Waals surface area (Å²) in [6, 6.07) is 10.5. The van der Waals surface area contributed by atoms with Crippen LogP contribution in [0.1, 0.15) is 51.0 Å². The molecule has 2 aromatic rings. The molecular weight excluding hydrogens is 489 g/mol. The van der Waals surface area contributed by atoms with E-state index in [9.17, 15) is 26.4 Å². The zero-order chi connectivity index (χ0) is 26.1. The van der Waals surface area contributed by atoms with E-state index < -0.39 is 27.3 Å². The number of hydrogen-bond acceptors (Lipinski definition) is 3. The van der Waals surface area contributed by atoms with Crippen LogP contribution < -0.4 is 0 Å². The van der Waals surface area contributed by atoms with E-state index in [0.29, 0.717) is 12.8 Å². The minimum absolute atomic E-state index is 0.0403. The maximum Gasteiger partial charge on any atom is 0.248 e. The van der Waals surface area contributed by atoms with E-state index in [1.807, 2.05) is 13.8 Å². The summed E-state index contributed by atoms with van der Waals surface area (Å²) in [5, 5.41) is 0. The molecule has 5 nitrogen and oxygen atoms in total. The molecule has 0 unspecified atom stereocenters. The smallest absolute Gasteiger partial charge is 0.248 e. The van der Waals surface area contributed by atoms with Gasteiger partial charge in [0.15, 0.2) is 0 Å². The van der Waals surface area contributed by atoms with Crippen LogP contribution in [-0.2, 0) is 14.8 Å². The summed E-state index contributed by atoms with van der Waals surface area (Å²) in [6.07, 6.45) is 0.572. The highest BCUT2D eigenvalue weighted by Gasteiger charge is 2.71. The number of halogens is 3. The SMILES string of the molecule is Cc1ccc(S(=O)(=O)N2CC3(C)CC2(C(=O)N(C)C2CCC(F)(F)CC2)C3)c(-c2ccccc2F)c1. The van der Waals surface area contributed by atoms with Crippen molar-refractivity contribution in [1.29, 1.82) is 0 Å². The van der Waals surface area contributed by atoms with Crippen LogP contribution in [-0.4, -0.2) is 54.6 Å². The quantitative estimate of drug-likeness (QED) is 0.532. The van der Waals surface area contributed by atoms with Gasteiger partial charge in [0.05, 0.1) is 4.90 Å². The first-order valence-corrected chi connectivity index (χ1v) is 13.8. The van der Waals surface area contributed by atoms with E-state index in [4.69, 9.17) is 0 Å². The summed E-state index contributed by atoms with van der Waals surface area (Å²) in [6.45, 7) is 3.95. The number of carbonyl (C=O) groups is 1. The second-order valence-electron chi connectivity index (χ2n) is 11.2. The highest BCUT2D eigenvalue weighted by molar-refractivity contribution is 7.89. The number of aryl methyl sites for hydroxylation is 1. The van der Waals surface area contributed by atoms with Crippen LogP contribution in [0.3, 0.4) is 0 Å². The van der Waals surface area contributed by atoms with Crippen molar-refractivity contribution >= 4 is 15.9 Å². The maximum absolute atomic E-state index is 14.7. The summed E-state index contributed by atoms with van der Waals surface area (Å²) >= 11 is 0. The van der Waals surface area contributed by atoms with Crippen LogP contribution in [0.25, 0.3) is 11.1 Å². The predicted octanol–water partition coefficient (Wildman–Crippen LogP) is 5.38. The number of nitrogens with zero attached hydrogens (tertiary/aromatic N) is 2. The first kappa shape index (κ1) is 25.3. The van der Waals surface area contributed by atoms with Crippen molar-refractivity contribution in [2.45, 2.75) is 74.8 Å². The third-order valence-corrected chi connectivity index (χ3v) is 10.2. The number of fused-ring (bicyclic) bond motifs is 1. The molecule has 4 fully saturated rings. The lowest BCUT2D eigenvalue weighted by Crippen LogP contribution is -2.62. The van der Waals surface area contributed by atoms with Crippen molar-refractivity contribution in [3.63, 3.8) is 0 Å². The van der Waals surface area contributed by atoms with Gasteiger partial charge in [-0.2, -0.15) is 4.31 Å². The molecule has 4 aliphatic rings. The molecule has 0 radical (unpaired) electrons. The van der Waals surface area contributed by atoms with Gasteiger partial charge in [-0.3, -0.25) is 4.79 Å². The molecule has 0 spiro atoms. The van der Waals surface area contributed by atoms with Crippen molar-refractivity contribution < 1.29 is 26.4 Å². The Morgan fingerprint density at radius 1 is 1.06 bits per heavy atom. The Hall–Kier alpha value is -2.39. The fourth-order valence-electron chi connectivity index (χ4n) is 6.50. The second kappa shape index (κ2) is 8.31. The first-order chi connectivity index (χ1) is 16.8. The summed E-state index contributed by atoms with van der Waals surface area (Å²) < 4.78 is 71.8. The molecule has 2 aliphatic carbocycles. The van der Waals surface area contributed by atoms with Gasteiger partial charge in [-0.15, -0.1) is 0 Å². The van der Waals surface area contributed by atoms with Crippen molar-refractivity contribution in [2.24, 2.45) is 5.41 Å². The number of carbonyl (C=O) groups excluding carboxylic acids is 1. The van der Waals surface area contributed by atoms with E-state index >= 15 is 0 Å². The number of likely N-dealkylation sites (N-methyl/N-ethyl adjacent to an activating group) is 1. The Morgan fingerprint density at radius 3 is 2.33 bits per heavy atom. The largest absolute Gasteiger partial charge is 0.341 e. The Bertz CT molecular complexity index is 1310. The molecule has 2 saturated carbocycles. The van der Waals surface area contributed by atoms with Crippen molar-refractivity contribution in [1.82, 2.24) is 9.21 Å². The van der Waals surface area contributed by atoms with E-state index in [1.165, 1.54) is 21.3 Å². The molecule has 36 heavy (non-hydrogen) atoms. The van der Waals surface area contributed by atoms with Gasteiger partial charge < -0.3 is 4.90 Å². The molecule has 6 rings (SSSR count). The van der Waals surface area contributed by atoms with Crippen molar-refractivity contribution in [3.05, 3.63) is 53.8 Å². The third-order valence-electron chi connectivity index (χ3n) is 8.26. The number of sulfonamides is 1. The van der Waals surface area contributed by atoms with E-state index in [-0.39, 0.29) is 65.6 Å². The van der Waals surface area contributed by atoms with Gasteiger partial charge >= 0.3 is 0 Å². The molecule has 0 aromatic heterocycles. The standard InChI is InChI=1S/C27H31F3N2O3S/c1-18-8-9-23(21(14-18)20-6-4-5-7-22(20)28)36(34,35)32-17-25(2)15-26(32,16-25)24(33)31(3)19-10-12-27(29,30)13-11-19/h4-9,14,19H,10-13,15-17H2,1-3H3. The zero-order valence-electron chi connectivity index (χ0n) is 20.7. The number of rotatable bonds is 5. The monoisotopic (exact) mass is 520 g/mol. The normalized spacial score (nSPS) is 28.1.